The van der Waals surface area contributed by atoms with Gasteiger partial charge in [-0.3, -0.25) is 9.36 Å². The third kappa shape index (κ3) is 2.51. The van der Waals surface area contributed by atoms with E-state index in [-0.39, 0.29) is 19.0 Å². The van der Waals surface area contributed by atoms with E-state index >= 15 is 0 Å². The van der Waals surface area contributed by atoms with Gasteiger partial charge in [-0.05, 0) is 19.1 Å². The first-order valence-corrected chi connectivity index (χ1v) is 6.59. The van der Waals surface area contributed by atoms with Crippen molar-refractivity contribution in [2.45, 2.75) is 19.3 Å². The van der Waals surface area contributed by atoms with Crippen molar-refractivity contribution in [1.82, 2.24) is 19.7 Å². The van der Waals surface area contributed by atoms with Crippen molar-refractivity contribution in [2.24, 2.45) is 0 Å². The number of hydrogen-bond donors (Lipinski definition) is 0. The predicted octanol–water partition coefficient (Wildman–Crippen LogP) is 1.71. The molecule has 110 valence electrons. The molecule has 0 aliphatic carbocycles. The van der Waals surface area contributed by atoms with Crippen molar-refractivity contribution in [3.63, 3.8) is 0 Å². The van der Waals surface area contributed by atoms with Crippen molar-refractivity contribution >= 4 is 5.91 Å². The first-order chi connectivity index (χ1) is 10.1. The van der Waals surface area contributed by atoms with Crippen molar-refractivity contribution in [3.8, 4) is 5.69 Å². The molecular weight excluding hydrogens is 278 g/mol. The Balaban J connectivity index is 1.98. The molecular formula is C14H14F2N4O. The van der Waals surface area contributed by atoms with Gasteiger partial charge in [-0.15, -0.1) is 10.2 Å². The van der Waals surface area contributed by atoms with E-state index in [2.05, 4.69) is 10.2 Å². The SMILES string of the molecule is Cc1ccc(-n2cnnc2)c(C(=O)N2C[C@@H](F)[C@@H](F)C2)c1. The van der Waals surface area contributed by atoms with Crippen molar-refractivity contribution in [1.29, 1.82) is 0 Å². The van der Waals surface area contributed by atoms with Gasteiger partial charge in [-0.25, -0.2) is 8.78 Å². The lowest BCUT2D eigenvalue weighted by Crippen LogP contribution is -2.30. The molecule has 2 aromatic rings. The molecule has 3 rings (SSSR count). The molecule has 0 saturated carbocycles. The summed E-state index contributed by atoms with van der Waals surface area (Å²) in [6, 6.07) is 5.32. The molecule has 1 aliphatic heterocycles. The summed E-state index contributed by atoms with van der Waals surface area (Å²) in [6.45, 7) is 1.43. The van der Waals surface area contributed by atoms with E-state index in [1.807, 2.05) is 13.0 Å². The van der Waals surface area contributed by atoms with Crippen LogP contribution >= 0.6 is 0 Å². The highest BCUT2D eigenvalue weighted by Crippen LogP contribution is 2.23. The number of carbonyl (C=O) groups is 1. The molecule has 0 bridgehead atoms. The fraction of sp³-hybridized carbons (Fsp3) is 0.357. The van der Waals surface area contributed by atoms with Crippen LogP contribution in [0.3, 0.4) is 0 Å². The lowest BCUT2D eigenvalue weighted by atomic mass is 10.1. The first-order valence-electron chi connectivity index (χ1n) is 6.59. The molecule has 1 aliphatic rings. The average molecular weight is 292 g/mol. The summed E-state index contributed by atoms with van der Waals surface area (Å²) in [7, 11) is 0. The van der Waals surface area contributed by atoms with Crippen LogP contribution in [-0.2, 0) is 0 Å². The number of amides is 1. The number of alkyl halides is 2. The number of likely N-dealkylation sites (tertiary alicyclic amines) is 1. The molecule has 0 spiro atoms. The van der Waals surface area contributed by atoms with Gasteiger partial charge in [0.2, 0.25) is 0 Å². The maximum atomic E-state index is 13.3. The van der Waals surface area contributed by atoms with Gasteiger partial charge in [0, 0.05) is 0 Å². The predicted molar refractivity (Wildman–Crippen MR) is 71.8 cm³/mol. The Labute approximate surface area is 120 Å². The summed E-state index contributed by atoms with van der Waals surface area (Å²) in [5, 5.41) is 7.42. The number of rotatable bonds is 2. The highest BCUT2D eigenvalue weighted by molar-refractivity contribution is 5.98. The third-order valence-electron chi connectivity index (χ3n) is 3.55. The van der Waals surface area contributed by atoms with Crippen LogP contribution in [0.1, 0.15) is 15.9 Å². The number of carbonyl (C=O) groups excluding carboxylic acids is 1. The van der Waals surface area contributed by atoms with Gasteiger partial charge >= 0.3 is 0 Å². The highest BCUT2D eigenvalue weighted by Gasteiger charge is 2.36. The summed E-state index contributed by atoms with van der Waals surface area (Å²) >= 11 is 0. The zero-order valence-corrected chi connectivity index (χ0v) is 11.4. The van der Waals surface area contributed by atoms with Gasteiger partial charge in [0.25, 0.3) is 5.91 Å². The summed E-state index contributed by atoms with van der Waals surface area (Å²) in [4.78, 5) is 13.8. The Morgan fingerprint density at radius 3 is 2.43 bits per heavy atom. The Morgan fingerprint density at radius 1 is 1.19 bits per heavy atom. The zero-order valence-electron chi connectivity index (χ0n) is 11.4. The van der Waals surface area contributed by atoms with Crippen molar-refractivity contribution in [2.75, 3.05) is 13.1 Å². The Kier molecular flexibility index (Phi) is 3.40. The molecule has 2 heterocycles. The zero-order chi connectivity index (χ0) is 15.0. The minimum atomic E-state index is -1.61. The van der Waals surface area contributed by atoms with E-state index in [1.165, 1.54) is 17.6 Å². The van der Waals surface area contributed by atoms with Crippen molar-refractivity contribution < 1.29 is 13.6 Å². The molecule has 1 amide bonds. The molecule has 0 unspecified atom stereocenters. The van der Waals surface area contributed by atoms with Crippen LogP contribution in [0.15, 0.2) is 30.9 Å². The normalized spacial score (nSPS) is 21.8. The van der Waals surface area contributed by atoms with Crippen LogP contribution in [0.4, 0.5) is 8.78 Å². The molecule has 2 atom stereocenters. The number of hydrogen-bond acceptors (Lipinski definition) is 3. The summed E-state index contributed by atoms with van der Waals surface area (Å²) in [5.41, 5.74) is 1.87. The largest absolute Gasteiger partial charge is 0.333 e. The van der Waals surface area contributed by atoms with Gasteiger partial charge in [0.05, 0.1) is 24.3 Å². The Hall–Kier alpha value is -2.31. The van der Waals surface area contributed by atoms with Crippen LogP contribution in [0.25, 0.3) is 5.69 Å². The lowest BCUT2D eigenvalue weighted by molar-refractivity contribution is 0.0778. The molecule has 7 heteroatoms. The quantitative estimate of drug-likeness (QED) is 0.846. The van der Waals surface area contributed by atoms with E-state index in [4.69, 9.17) is 0 Å². The highest BCUT2D eigenvalue weighted by atomic mass is 19.2. The van der Waals surface area contributed by atoms with Crippen LogP contribution < -0.4 is 0 Å². The molecule has 0 radical (unpaired) electrons. The smallest absolute Gasteiger partial charge is 0.256 e. The molecule has 5 nitrogen and oxygen atoms in total. The van der Waals surface area contributed by atoms with Gasteiger partial charge < -0.3 is 4.90 Å². The van der Waals surface area contributed by atoms with Crippen LogP contribution in [0, 0.1) is 6.92 Å². The average Bonchev–Trinajstić information content (AvgIpc) is 3.09. The first kappa shape index (κ1) is 13.7. The lowest BCUT2D eigenvalue weighted by Gasteiger charge is -2.18. The topological polar surface area (TPSA) is 51.0 Å². The van der Waals surface area contributed by atoms with E-state index in [0.717, 1.165) is 5.56 Å². The van der Waals surface area contributed by atoms with E-state index in [0.29, 0.717) is 11.3 Å². The standard InChI is InChI=1S/C14H14F2N4O/c1-9-2-3-13(20-7-17-18-8-20)10(4-9)14(21)19-5-11(15)12(16)6-19/h2-4,7-8,11-12H,5-6H2,1H3/t11-,12+. The van der Waals surface area contributed by atoms with E-state index < -0.39 is 12.3 Å². The molecule has 1 aromatic carbocycles. The Morgan fingerprint density at radius 2 is 1.81 bits per heavy atom. The maximum Gasteiger partial charge on any atom is 0.256 e. The Bertz CT molecular complexity index is 649. The molecule has 1 aromatic heterocycles. The molecule has 1 saturated heterocycles. The summed E-state index contributed by atoms with van der Waals surface area (Å²) in [5.74, 6) is -0.384. The number of benzene rings is 1. The molecule has 0 N–H and O–H groups in total. The summed E-state index contributed by atoms with van der Waals surface area (Å²) in [6.07, 6.45) is -0.280. The minimum Gasteiger partial charge on any atom is -0.333 e. The fourth-order valence-electron chi connectivity index (χ4n) is 2.43. The minimum absolute atomic E-state index is 0.213. The second-order valence-electron chi connectivity index (χ2n) is 5.13. The number of aryl methyl sites for hydroxylation is 1. The second-order valence-corrected chi connectivity index (χ2v) is 5.13. The van der Waals surface area contributed by atoms with Crippen LogP contribution in [0.5, 0.6) is 0 Å². The third-order valence-corrected chi connectivity index (χ3v) is 3.55. The van der Waals surface area contributed by atoms with Gasteiger partial charge in [0.1, 0.15) is 12.7 Å². The van der Waals surface area contributed by atoms with Crippen molar-refractivity contribution in [3.05, 3.63) is 42.0 Å². The van der Waals surface area contributed by atoms with Crippen LogP contribution in [-0.4, -0.2) is 51.0 Å². The second kappa shape index (κ2) is 5.23. The van der Waals surface area contributed by atoms with Gasteiger partial charge in [-0.1, -0.05) is 11.6 Å². The number of aromatic nitrogens is 3. The maximum absolute atomic E-state index is 13.3. The van der Waals surface area contributed by atoms with E-state index in [1.54, 1.807) is 16.7 Å². The summed E-state index contributed by atoms with van der Waals surface area (Å²) < 4.78 is 28.2. The van der Waals surface area contributed by atoms with Gasteiger partial charge in [-0.2, -0.15) is 0 Å². The van der Waals surface area contributed by atoms with Crippen LogP contribution in [0.2, 0.25) is 0 Å². The van der Waals surface area contributed by atoms with E-state index in [9.17, 15) is 13.6 Å². The number of nitrogens with zero attached hydrogens (tertiary/aromatic N) is 4. The fourth-order valence-corrected chi connectivity index (χ4v) is 2.43. The molecule has 1 fully saturated rings. The van der Waals surface area contributed by atoms with Gasteiger partial charge in [0.15, 0.2) is 12.3 Å². The monoisotopic (exact) mass is 292 g/mol. The molecule has 21 heavy (non-hydrogen) atoms. The number of halogens is 2.